The van der Waals surface area contributed by atoms with Crippen molar-refractivity contribution in [2.45, 2.75) is 132 Å². The number of anilines is 4. The molecule has 6 aliphatic carbocycles. The van der Waals surface area contributed by atoms with Crippen LogP contribution in [0.5, 0.6) is 46.0 Å². The second kappa shape index (κ2) is 26.0. The van der Waals surface area contributed by atoms with Crippen LogP contribution >= 0.6 is 0 Å². The van der Waals surface area contributed by atoms with Crippen molar-refractivity contribution in [3.8, 4) is 46.0 Å². The molecule has 2 heterocycles. The van der Waals surface area contributed by atoms with E-state index >= 15 is 17.6 Å². The molecular formula is C73H70F6N8O10. The highest BCUT2D eigenvalue weighted by Crippen LogP contribution is 2.51. The third-order valence-electron chi connectivity index (χ3n) is 19.7. The van der Waals surface area contributed by atoms with Gasteiger partial charge in [0.15, 0.2) is 69.4 Å². The summed E-state index contributed by atoms with van der Waals surface area (Å²) in [6.07, 6.45) is 15.1. The Kier molecular flexibility index (Phi) is 17.4. The number of nitrogens with zero attached hydrogens (tertiary/aromatic N) is 2. The summed E-state index contributed by atoms with van der Waals surface area (Å²) in [5.74, 6) is -7.30. The highest BCUT2D eigenvalue weighted by molar-refractivity contribution is 6.18. The maximum absolute atomic E-state index is 15.9. The predicted molar refractivity (Wildman–Crippen MR) is 349 cm³/mol. The second-order valence-corrected chi connectivity index (χ2v) is 26.6. The minimum Gasteiger partial charge on any atom is -0.493 e. The molecule has 504 valence electrons. The minimum atomic E-state index is -1.54. The zero-order chi connectivity index (χ0) is 67.4. The Hall–Kier alpha value is -9.68. The summed E-state index contributed by atoms with van der Waals surface area (Å²) in [6.45, 7) is 0.718. The molecule has 0 aliphatic heterocycles. The van der Waals surface area contributed by atoms with Crippen molar-refractivity contribution < 1.29 is 73.9 Å². The number of methoxy groups -OCH3 is 2. The molecule has 97 heavy (non-hydrogen) atoms. The number of pyridine rings is 2. The molecule has 2 atom stereocenters. The number of aromatic nitrogens is 2. The molecule has 24 heteroatoms. The van der Waals surface area contributed by atoms with Crippen LogP contribution in [-0.2, 0) is 19.2 Å². The highest BCUT2D eigenvalue weighted by Gasteiger charge is 2.58. The zero-order valence-corrected chi connectivity index (χ0v) is 53.2. The topological polar surface area (TPSA) is 222 Å². The van der Waals surface area contributed by atoms with Gasteiger partial charge in [-0.3, -0.25) is 29.1 Å². The van der Waals surface area contributed by atoms with Gasteiger partial charge in [0.2, 0.25) is 23.6 Å². The second-order valence-electron chi connectivity index (χ2n) is 26.6. The van der Waals surface area contributed by atoms with Crippen LogP contribution in [0, 0.1) is 45.7 Å². The molecule has 2 aromatic heterocycles. The van der Waals surface area contributed by atoms with E-state index in [-0.39, 0.29) is 89.4 Å². The summed E-state index contributed by atoms with van der Waals surface area (Å²) in [5.41, 5.74) is -2.32. The molecule has 0 saturated heterocycles. The fourth-order valence-electron chi connectivity index (χ4n) is 13.4. The van der Waals surface area contributed by atoms with E-state index in [9.17, 15) is 28.0 Å². The number of fused-ring (bicyclic) bond motifs is 2. The van der Waals surface area contributed by atoms with Crippen molar-refractivity contribution >= 4 is 68.2 Å². The Morgan fingerprint density at radius 2 is 0.887 bits per heavy atom. The van der Waals surface area contributed by atoms with Crippen LogP contribution in [0.4, 0.5) is 49.1 Å². The molecule has 0 spiro atoms. The molecule has 6 fully saturated rings. The Morgan fingerprint density at radius 3 is 1.34 bits per heavy atom. The quantitative estimate of drug-likeness (QED) is 0.0232. The van der Waals surface area contributed by atoms with Gasteiger partial charge in [-0.15, -0.1) is 0 Å². The van der Waals surface area contributed by atoms with Gasteiger partial charge in [-0.25, -0.2) is 26.3 Å². The van der Waals surface area contributed by atoms with Crippen LogP contribution in [0.1, 0.15) is 114 Å². The Morgan fingerprint density at radius 1 is 0.433 bits per heavy atom. The van der Waals surface area contributed by atoms with Crippen molar-refractivity contribution in [1.29, 1.82) is 0 Å². The van der Waals surface area contributed by atoms with E-state index in [2.05, 4.69) is 41.9 Å². The lowest BCUT2D eigenvalue weighted by Crippen LogP contribution is -2.44. The lowest BCUT2D eigenvalue weighted by Gasteiger charge is -2.28. The number of benzene rings is 6. The normalized spacial score (nSPS) is 19.1. The molecule has 6 N–H and O–H groups in total. The van der Waals surface area contributed by atoms with Gasteiger partial charge in [0.1, 0.15) is 35.5 Å². The maximum Gasteiger partial charge on any atom is 0.240 e. The van der Waals surface area contributed by atoms with E-state index < -0.39 is 80.8 Å². The van der Waals surface area contributed by atoms with Crippen molar-refractivity contribution in [1.82, 2.24) is 20.6 Å². The zero-order valence-electron chi connectivity index (χ0n) is 53.2. The van der Waals surface area contributed by atoms with Gasteiger partial charge in [0.25, 0.3) is 0 Å². The molecule has 6 saturated carbocycles. The molecule has 0 radical (unpaired) electrons. The molecule has 18 nitrogen and oxygen atoms in total. The number of hydrogen-bond acceptors (Lipinski definition) is 14. The molecule has 8 aromatic rings. The Bertz CT molecular complexity index is 4440. The highest BCUT2D eigenvalue weighted by atomic mass is 19.2. The molecule has 4 amide bonds. The van der Waals surface area contributed by atoms with Crippen LogP contribution in [0.3, 0.4) is 0 Å². The number of carbonyl (C=O) groups excluding carboxylic acids is 4. The Balaban J connectivity index is 0.565. The number of halogens is 6. The van der Waals surface area contributed by atoms with E-state index in [4.69, 9.17) is 28.4 Å². The molecular weight excluding hydrogens is 1260 g/mol. The standard InChI is InChI=1S/C73H70F6N8O10/c1-92-61-34-48-55(36-63(61)94-38-70(18-19-70)86-41-6-4-3-5-7-41)80-26-16-57(48)96-60-15-12-44(32-53(60)77)84-68(90)73(24-25-73)69(91)85-46-29-47(65(79)54(78)33-46)40-8-9-45(28-40)87-71(20-21-71)39-95-64-37-56-49(35-62(64)93-2)58(17-27-81-56)97-59-14-11-43(31-52(59)76)83-67(89)72(22-23-72)66(88)82-42-10-13-50(74)51(75)30-42/h10-17,26-27,29-37,40-41,45,86-87H,3-9,18-25,28,38-39H2,1-2H3,(H,82,88)(H,83,89)(H,84,90)(H,85,91). The average molecular weight is 1330 g/mol. The third kappa shape index (κ3) is 13.6. The van der Waals surface area contributed by atoms with E-state index in [0.717, 1.165) is 56.0 Å². The summed E-state index contributed by atoms with van der Waals surface area (Å²) in [7, 11) is 3.02. The third-order valence-corrected chi connectivity index (χ3v) is 19.7. The van der Waals surface area contributed by atoms with Crippen LogP contribution < -0.4 is 60.3 Å². The number of ether oxygens (including phenoxy) is 6. The van der Waals surface area contributed by atoms with E-state index in [0.29, 0.717) is 82.5 Å². The first-order chi connectivity index (χ1) is 46.8. The van der Waals surface area contributed by atoms with E-state index in [1.54, 1.807) is 49.7 Å². The lowest BCUT2D eigenvalue weighted by molar-refractivity contribution is -0.132. The van der Waals surface area contributed by atoms with Gasteiger partial charge in [0.05, 0.1) is 36.3 Å². The van der Waals surface area contributed by atoms with Gasteiger partial charge in [-0.1, -0.05) is 19.3 Å². The molecule has 14 rings (SSSR count). The fraction of sp³-hybridized carbons (Fsp3) is 0.370. The summed E-state index contributed by atoms with van der Waals surface area (Å²) in [6, 6.07) is 23.3. The monoisotopic (exact) mass is 1330 g/mol. The van der Waals surface area contributed by atoms with Crippen LogP contribution in [0.2, 0.25) is 0 Å². The van der Waals surface area contributed by atoms with E-state index in [1.165, 1.54) is 81.8 Å². The largest absolute Gasteiger partial charge is 0.493 e. The van der Waals surface area contributed by atoms with Gasteiger partial charge in [0, 0.05) is 94.4 Å². The SMILES string of the molecule is COc1cc2c(Oc3ccc(NC(=O)C4(C(=O)Nc5cc(F)c(F)c(C6CCC(NC7(COc8cc9nccc(Oc%10ccc(NC(=O)C%11(C(=O)Nc%12ccc(F)c(F)c%12)CC%11)cc%10F)c9cc8OC)CC7)C6)c5)CC4)cc3F)ccnc2cc1OCC1(NC2CCCCC2)CC1. The van der Waals surface area contributed by atoms with Gasteiger partial charge in [-0.2, -0.15) is 0 Å². The average Bonchev–Trinajstić information content (AvgIpc) is 1.64. The molecule has 2 unspecified atom stereocenters. The molecule has 0 bridgehead atoms. The van der Waals surface area contributed by atoms with Crippen molar-refractivity contribution in [3.05, 3.63) is 156 Å². The first-order valence-corrected chi connectivity index (χ1v) is 32.7. The molecule has 6 aromatic carbocycles. The van der Waals surface area contributed by atoms with Crippen LogP contribution in [-0.4, -0.2) is 84.2 Å². The van der Waals surface area contributed by atoms with E-state index in [1.807, 2.05) is 0 Å². The predicted octanol–water partition coefficient (Wildman–Crippen LogP) is 14.6. The fourth-order valence-corrected chi connectivity index (χ4v) is 13.4. The van der Waals surface area contributed by atoms with Gasteiger partial charge in [-0.05, 0) is 162 Å². The number of hydrogen-bond donors (Lipinski definition) is 6. The number of rotatable bonds is 25. The van der Waals surface area contributed by atoms with Crippen LogP contribution in [0.15, 0.2) is 116 Å². The molecule has 6 aliphatic rings. The van der Waals surface area contributed by atoms with Crippen LogP contribution in [0.25, 0.3) is 21.8 Å². The minimum absolute atomic E-state index is 0.00541. The summed E-state index contributed by atoms with van der Waals surface area (Å²) in [5, 5.41) is 18.9. The number of nitrogens with one attached hydrogen (secondary N) is 6. The summed E-state index contributed by atoms with van der Waals surface area (Å²) >= 11 is 0. The van der Waals surface area contributed by atoms with Crippen molar-refractivity contribution in [2.24, 2.45) is 10.8 Å². The summed E-state index contributed by atoms with van der Waals surface area (Å²) in [4.78, 5) is 63.1. The lowest BCUT2D eigenvalue weighted by atomic mass is 9.94. The first kappa shape index (κ1) is 64.6. The number of carbonyl (C=O) groups is 4. The van der Waals surface area contributed by atoms with Crippen molar-refractivity contribution in [2.75, 3.05) is 48.7 Å². The first-order valence-electron chi connectivity index (χ1n) is 32.7. The number of amides is 4. The summed E-state index contributed by atoms with van der Waals surface area (Å²) < 4.78 is 126. The van der Waals surface area contributed by atoms with Gasteiger partial charge < -0.3 is 60.3 Å². The Labute approximate surface area is 553 Å². The maximum atomic E-state index is 15.9. The smallest absolute Gasteiger partial charge is 0.240 e. The van der Waals surface area contributed by atoms with Gasteiger partial charge >= 0.3 is 0 Å². The van der Waals surface area contributed by atoms with Crippen molar-refractivity contribution in [3.63, 3.8) is 0 Å².